The maximum atomic E-state index is 11.2. The zero-order valence-electron chi connectivity index (χ0n) is 6.79. The lowest BCUT2D eigenvalue weighted by Gasteiger charge is -2.00. The van der Waals surface area contributed by atoms with Crippen LogP contribution >= 0.6 is 15.9 Å². The van der Waals surface area contributed by atoms with Gasteiger partial charge in [0.25, 0.3) is 0 Å². The molecule has 0 unspecified atom stereocenters. The van der Waals surface area contributed by atoms with E-state index in [4.69, 9.17) is 11.2 Å². The van der Waals surface area contributed by atoms with Crippen molar-refractivity contribution < 1.29 is 9.53 Å². The lowest BCUT2D eigenvalue weighted by Crippen LogP contribution is -2.04. The second kappa shape index (κ2) is 4.68. The third-order valence-corrected chi connectivity index (χ3v) is 1.90. The van der Waals surface area contributed by atoms with Crippen molar-refractivity contribution in [3.8, 4) is 12.3 Å². The van der Waals surface area contributed by atoms with Gasteiger partial charge in [0.1, 0.15) is 0 Å². The summed E-state index contributed by atoms with van der Waals surface area (Å²) in [7, 11) is 0. The molecule has 0 bridgehead atoms. The van der Waals surface area contributed by atoms with Crippen molar-refractivity contribution in [2.45, 2.75) is 0 Å². The Kier molecular flexibility index (Phi) is 3.53. The zero-order chi connectivity index (χ0) is 9.68. The molecule has 0 N–H and O–H groups in total. The van der Waals surface area contributed by atoms with Crippen LogP contribution in [0.1, 0.15) is 10.4 Å². The minimum Gasteiger partial charge on any atom is -0.449 e. The van der Waals surface area contributed by atoms with Gasteiger partial charge >= 0.3 is 5.97 Å². The van der Waals surface area contributed by atoms with Crippen LogP contribution in [0.5, 0.6) is 0 Å². The molecule has 0 heterocycles. The van der Waals surface area contributed by atoms with E-state index in [0.717, 1.165) is 4.47 Å². The van der Waals surface area contributed by atoms with Crippen LogP contribution in [0, 0.1) is 12.3 Å². The highest BCUT2D eigenvalue weighted by molar-refractivity contribution is 9.10. The molecule has 3 heteroatoms. The number of halogens is 1. The SMILES string of the molecule is C#CCOC(=O)c1ccc(Br)cc1. The molecule has 66 valence electrons. The number of ether oxygens (including phenoxy) is 1. The topological polar surface area (TPSA) is 26.3 Å². The molecule has 0 atom stereocenters. The van der Waals surface area contributed by atoms with E-state index < -0.39 is 5.97 Å². The van der Waals surface area contributed by atoms with Gasteiger partial charge in [-0.1, -0.05) is 21.9 Å². The summed E-state index contributed by atoms with van der Waals surface area (Å²) in [4.78, 5) is 11.2. The molecule has 0 amide bonds. The molecule has 0 aromatic heterocycles. The van der Waals surface area contributed by atoms with E-state index in [0.29, 0.717) is 5.56 Å². The summed E-state index contributed by atoms with van der Waals surface area (Å²) < 4.78 is 5.64. The number of hydrogen-bond acceptors (Lipinski definition) is 2. The van der Waals surface area contributed by atoms with Gasteiger partial charge in [-0.25, -0.2) is 4.79 Å². The van der Waals surface area contributed by atoms with Gasteiger partial charge in [0.2, 0.25) is 0 Å². The number of carbonyl (C=O) groups is 1. The van der Waals surface area contributed by atoms with Gasteiger partial charge in [0, 0.05) is 4.47 Å². The quantitative estimate of drug-likeness (QED) is 0.584. The molecular weight excluding hydrogens is 232 g/mol. The molecule has 0 aliphatic carbocycles. The van der Waals surface area contributed by atoms with Crippen LogP contribution in [0.2, 0.25) is 0 Å². The molecule has 0 spiro atoms. The van der Waals surface area contributed by atoms with E-state index in [1.807, 2.05) is 0 Å². The Morgan fingerprint density at radius 2 is 2.08 bits per heavy atom. The molecule has 0 radical (unpaired) electrons. The first-order valence-electron chi connectivity index (χ1n) is 3.60. The van der Waals surface area contributed by atoms with E-state index >= 15 is 0 Å². The lowest BCUT2D eigenvalue weighted by atomic mass is 10.2. The second-order valence-electron chi connectivity index (χ2n) is 2.29. The van der Waals surface area contributed by atoms with Gasteiger partial charge in [-0.3, -0.25) is 0 Å². The Balaban J connectivity index is 2.68. The van der Waals surface area contributed by atoms with Gasteiger partial charge < -0.3 is 4.74 Å². The van der Waals surface area contributed by atoms with E-state index in [1.54, 1.807) is 24.3 Å². The van der Waals surface area contributed by atoms with Crippen molar-refractivity contribution in [2.24, 2.45) is 0 Å². The van der Waals surface area contributed by atoms with Crippen LogP contribution in [-0.4, -0.2) is 12.6 Å². The molecule has 1 rings (SSSR count). The van der Waals surface area contributed by atoms with Crippen molar-refractivity contribution in [2.75, 3.05) is 6.61 Å². The number of benzene rings is 1. The summed E-state index contributed by atoms with van der Waals surface area (Å²) >= 11 is 3.26. The Labute approximate surface area is 85.0 Å². The molecular formula is C10H7BrO2. The number of hydrogen-bond donors (Lipinski definition) is 0. The van der Waals surface area contributed by atoms with Crippen LogP contribution in [0.4, 0.5) is 0 Å². The molecule has 0 fully saturated rings. The largest absolute Gasteiger partial charge is 0.449 e. The Bertz CT molecular complexity index is 335. The summed E-state index contributed by atoms with van der Waals surface area (Å²) in [6.45, 7) is 0.00883. The summed E-state index contributed by atoms with van der Waals surface area (Å²) in [5.74, 6) is 1.83. The first-order chi connectivity index (χ1) is 6.24. The molecule has 13 heavy (non-hydrogen) atoms. The van der Waals surface area contributed by atoms with Crippen molar-refractivity contribution in [3.05, 3.63) is 34.3 Å². The molecule has 0 saturated carbocycles. The fraction of sp³-hybridized carbons (Fsp3) is 0.100. The molecule has 1 aromatic carbocycles. The number of esters is 1. The van der Waals surface area contributed by atoms with Crippen LogP contribution in [0.25, 0.3) is 0 Å². The smallest absolute Gasteiger partial charge is 0.339 e. The monoisotopic (exact) mass is 238 g/mol. The van der Waals surface area contributed by atoms with Crippen molar-refractivity contribution in [1.82, 2.24) is 0 Å². The minimum absolute atomic E-state index is 0.00883. The van der Waals surface area contributed by atoms with E-state index in [-0.39, 0.29) is 6.61 Å². The molecule has 1 aromatic rings. The van der Waals surface area contributed by atoms with E-state index in [1.165, 1.54) is 0 Å². The maximum Gasteiger partial charge on any atom is 0.339 e. The fourth-order valence-electron chi connectivity index (χ4n) is 0.777. The summed E-state index contributed by atoms with van der Waals surface area (Å²) in [5.41, 5.74) is 0.499. The van der Waals surface area contributed by atoms with E-state index in [2.05, 4.69) is 21.9 Å². The molecule has 0 aliphatic heterocycles. The number of rotatable bonds is 2. The lowest BCUT2D eigenvalue weighted by molar-refractivity contribution is 0.0557. The summed E-state index contributed by atoms with van der Waals surface area (Å²) in [6, 6.07) is 6.88. The highest BCUT2D eigenvalue weighted by Gasteiger charge is 2.04. The molecule has 0 aliphatic rings. The van der Waals surface area contributed by atoms with Crippen LogP contribution < -0.4 is 0 Å². The predicted octanol–water partition coefficient (Wildman–Crippen LogP) is 2.24. The first-order valence-corrected chi connectivity index (χ1v) is 4.39. The van der Waals surface area contributed by atoms with Crippen molar-refractivity contribution >= 4 is 21.9 Å². The second-order valence-corrected chi connectivity index (χ2v) is 3.20. The van der Waals surface area contributed by atoms with Gasteiger partial charge in [-0.05, 0) is 24.3 Å². The number of carbonyl (C=O) groups excluding carboxylic acids is 1. The third-order valence-electron chi connectivity index (χ3n) is 1.37. The summed E-state index contributed by atoms with van der Waals surface area (Å²) in [5, 5.41) is 0. The van der Waals surface area contributed by atoms with Gasteiger partial charge in [0.15, 0.2) is 6.61 Å². The van der Waals surface area contributed by atoms with Gasteiger partial charge in [-0.15, -0.1) is 6.42 Å². The molecule has 0 saturated heterocycles. The van der Waals surface area contributed by atoms with Gasteiger partial charge in [0.05, 0.1) is 5.56 Å². The average Bonchev–Trinajstić information content (AvgIpc) is 2.15. The highest BCUT2D eigenvalue weighted by atomic mass is 79.9. The molecule has 2 nitrogen and oxygen atoms in total. The maximum absolute atomic E-state index is 11.2. The van der Waals surface area contributed by atoms with Crippen LogP contribution in [-0.2, 0) is 4.74 Å². The zero-order valence-corrected chi connectivity index (χ0v) is 8.37. The Morgan fingerprint density at radius 3 is 2.62 bits per heavy atom. The Hall–Kier alpha value is -1.27. The normalized spacial score (nSPS) is 8.92. The summed E-state index contributed by atoms with van der Waals surface area (Å²) in [6.07, 6.45) is 4.94. The first kappa shape index (κ1) is 9.82. The Morgan fingerprint density at radius 1 is 1.46 bits per heavy atom. The van der Waals surface area contributed by atoms with Crippen molar-refractivity contribution in [3.63, 3.8) is 0 Å². The fourth-order valence-corrected chi connectivity index (χ4v) is 1.04. The highest BCUT2D eigenvalue weighted by Crippen LogP contribution is 2.10. The predicted molar refractivity (Wildman–Crippen MR) is 53.3 cm³/mol. The average molecular weight is 239 g/mol. The van der Waals surface area contributed by atoms with Crippen LogP contribution in [0.15, 0.2) is 28.7 Å². The third kappa shape index (κ3) is 2.92. The van der Waals surface area contributed by atoms with E-state index in [9.17, 15) is 4.79 Å². The number of terminal acetylenes is 1. The minimum atomic E-state index is -0.398. The standard InChI is InChI=1S/C10H7BrO2/c1-2-7-13-10(12)8-3-5-9(11)6-4-8/h1,3-6H,7H2. The van der Waals surface area contributed by atoms with Crippen molar-refractivity contribution in [1.29, 1.82) is 0 Å². The van der Waals surface area contributed by atoms with Crippen LogP contribution in [0.3, 0.4) is 0 Å². The van der Waals surface area contributed by atoms with Gasteiger partial charge in [-0.2, -0.15) is 0 Å².